The van der Waals surface area contributed by atoms with Gasteiger partial charge in [-0.05, 0) is 52.7 Å². The molecule has 0 amide bonds. The van der Waals surface area contributed by atoms with E-state index in [0.29, 0.717) is 21.5 Å². The number of nitrogens with two attached hydrogens (primary N) is 1. The second-order valence-electron chi connectivity index (χ2n) is 3.82. The van der Waals surface area contributed by atoms with Crippen LogP contribution in [-0.2, 0) is 0 Å². The molecule has 0 saturated heterocycles. The Morgan fingerprint density at radius 3 is 2.50 bits per heavy atom. The standard InChI is InChI=1S/C13H10BrF2NO/c1-7-4-13(11(17)6-10(7)16)18-12-3-2-8(15)5-9(12)14/h2-6H,17H2,1H3. The van der Waals surface area contributed by atoms with Crippen molar-refractivity contribution in [1.29, 1.82) is 0 Å². The molecule has 18 heavy (non-hydrogen) atoms. The predicted molar refractivity (Wildman–Crippen MR) is 69.7 cm³/mol. The average molecular weight is 314 g/mol. The van der Waals surface area contributed by atoms with Gasteiger partial charge in [0.2, 0.25) is 0 Å². The van der Waals surface area contributed by atoms with Crippen LogP contribution >= 0.6 is 15.9 Å². The van der Waals surface area contributed by atoms with Gasteiger partial charge in [0, 0.05) is 6.07 Å². The molecule has 0 fully saturated rings. The van der Waals surface area contributed by atoms with Crippen molar-refractivity contribution in [2.75, 3.05) is 5.73 Å². The highest BCUT2D eigenvalue weighted by molar-refractivity contribution is 9.10. The van der Waals surface area contributed by atoms with Crippen molar-refractivity contribution in [2.45, 2.75) is 6.92 Å². The minimum absolute atomic E-state index is 0.189. The molecule has 0 radical (unpaired) electrons. The van der Waals surface area contributed by atoms with E-state index in [1.54, 1.807) is 6.92 Å². The second-order valence-corrected chi connectivity index (χ2v) is 4.67. The average Bonchev–Trinajstić information content (AvgIpc) is 2.29. The zero-order chi connectivity index (χ0) is 13.3. The van der Waals surface area contributed by atoms with Crippen LogP contribution in [0, 0.1) is 18.6 Å². The van der Waals surface area contributed by atoms with E-state index in [9.17, 15) is 8.78 Å². The molecule has 2 aromatic carbocycles. The van der Waals surface area contributed by atoms with Crippen LogP contribution in [0.2, 0.25) is 0 Å². The van der Waals surface area contributed by atoms with Crippen LogP contribution in [-0.4, -0.2) is 0 Å². The molecule has 0 aromatic heterocycles. The Kier molecular flexibility index (Phi) is 3.52. The Morgan fingerprint density at radius 1 is 1.11 bits per heavy atom. The number of aryl methyl sites for hydroxylation is 1. The molecule has 0 bridgehead atoms. The zero-order valence-electron chi connectivity index (χ0n) is 9.51. The molecule has 94 valence electrons. The van der Waals surface area contributed by atoms with Crippen molar-refractivity contribution in [3.63, 3.8) is 0 Å². The van der Waals surface area contributed by atoms with Gasteiger partial charge in [-0.3, -0.25) is 0 Å². The van der Waals surface area contributed by atoms with Gasteiger partial charge in [-0.1, -0.05) is 0 Å². The summed E-state index contributed by atoms with van der Waals surface area (Å²) in [6, 6.07) is 6.72. The number of benzene rings is 2. The SMILES string of the molecule is Cc1cc(Oc2ccc(F)cc2Br)c(N)cc1F. The van der Waals surface area contributed by atoms with Crippen molar-refractivity contribution in [1.82, 2.24) is 0 Å². The van der Waals surface area contributed by atoms with Crippen molar-refractivity contribution in [3.8, 4) is 11.5 Å². The first-order chi connectivity index (χ1) is 8.47. The van der Waals surface area contributed by atoms with Gasteiger partial charge in [-0.2, -0.15) is 0 Å². The number of rotatable bonds is 2. The first kappa shape index (κ1) is 12.8. The third-order valence-electron chi connectivity index (χ3n) is 2.40. The molecule has 2 rings (SSSR count). The van der Waals surface area contributed by atoms with Crippen molar-refractivity contribution in [3.05, 3.63) is 52.0 Å². The molecule has 0 aliphatic carbocycles. The fourth-order valence-electron chi connectivity index (χ4n) is 1.44. The van der Waals surface area contributed by atoms with Crippen molar-refractivity contribution >= 4 is 21.6 Å². The summed E-state index contributed by atoms with van der Waals surface area (Å²) in [5, 5.41) is 0. The Morgan fingerprint density at radius 2 is 1.83 bits per heavy atom. The Bertz CT molecular complexity index is 602. The molecule has 0 atom stereocenters. The summed E-state index contributed by atoms with van der Waals surface area (Å²) in [7, 11) is 0. The highest BCUT2D eigenvalue weighted by Gasteiger charge is 2.09. The van der Waals surface area contributed by atoms with Gasteiger partial charge in [-0.25, -0.2) is 8.78 Å². The summed E-state index contributed by atoms with van der Waals surface area (Å²) in [6.45, 7) is 1.61. The lowest BCUT2D eigenvalue weighted by molar-refractivity contribution is 0.477. The number of anilines is 1. The van der Waals surface area contributed by atoms with E-state index in [4.69, 9.17) is 10.5 Å². The summed E-state index contributed by atoms with van der Waals surface area (Å²) >= 11 is 3.18. The van der Waals surface area contributed by atoms with Crippen LogP contribution in [0.4, 0.5) is 14.5 Å². The van der Waals surface area contributed by atoms with E-state index in [1.807, 2.05) is 0 Å². The molecule has 0 saturated carbocycles. The minimum Gasteiger partial charge on any atom is -0.454 e. The van der Waals surface area contributed by atoms with Gasteiger partial charge >= 0.3 is 0 Å². The fraction of sp³-hybridized carbons (Fsp3) is 0.0769. The summed E-state index contributed by atoms with van der Waals surface area (Å²) in [4.78, 5) is 0. The van der Waals surface area contributed by atoms with Crippen LogP contribution in [0.3, 0.4) is 0 Å². The molecule has 0 aliphatic rings. The van der Waals surface area contributed by atoms with Gasteiger partial charge in [0.15, 0.2) is 5.75 Å². The van der Waals surface area contributed by atoms with Crippen LogP contribution in [0.5, 0.6) is 11.5 Å². The van der Waals surface area contributed by atoms with E-state index in [1.165, 1.54) is 30.3 Å². The summed E-state index contributed by atoms with van der Waals surface area (Å²) in [5.41, 5.74) is 6.28. The lowest BCUT2D eigenvalue weighted by Gasteiger charge is -2.11. The lowest BCUT2D eigenvalue weighted by Crippen LogP contribution is -1.95. The highest BCUT2D eigenvalue weighted by Crippen LogP contribution is 2.34. The number of nitrogen functional groups attached to an aromatic ring is 1. The largest absolute Gasteiger partial charge is 0.454 e. The number of hydrogen-bond acceptors (Lipinski definition) is 2. The maximum atomic E-state index is 13.2. The number of halogens is 3. The normalized spacial score (nSPS) is 10.4. The highest BCUT2D eigenvalue weighted by atomic mass is 79.9. The summed E-state index contributed by atoms with van der Waals surface area (Å²) < 4.78 is 32.1. The molecule has 0 aliphatic heterocycles. The Balaban J connectivity index is 2.37. The van der Waals surface area contributed by atoms with Crippen LogP contribution in [0.15, 0.2) is 34.8 Å². The Hall–Kier alpha value is -1.62. The molecule has 2 nitrogen and oxygen atoms in total. The first-order valence-corrected chi connectivity index (χ1v) is 5.95. The molecule has 5 heteroatoms. The lowest BCUT2D eigenvalue weighted by atomic mass is 10.2. The number of ether oxygens (including phenoxy) is 1. The monoisotopic (exact) mass is 313 g/mol. The second kappa shape index (κ2) is 4.94. The smallest absolute Gasteiger partial charge is 0.150 e. The van der Waals surface area contributed by atoms with E-state index < -0.39 is 5.82 Å². The molecular weight excluding hydrogens is 304 g/mol. The van der Waals surface area contributed by atoms with E-state index >= 15 is 0 Å². The third-order valence-corrected chi connectivity index (χ3v) is 3.02. The molecule has 2 aromatic rings. The maximum Gasteiger partial charge on any atom is 0.150 e. The quantitative estimate of drug-likeness (QED) is 0.833. The van der Waals surface area contributed by atoms with Crippen LogP contribution < -0.4 is 10.5 Å². The van der Waals surface area contributed by atoms with Crippen LogP contribution in [0.1, 0.15) is 5.56 Å². The Labute approximate surface area is 112 Å². The molecule has 0 spiro atoms. The van der Waals surface area contributed by atoms with Gasteiger partial charge in [0.05, 0.1) is 10.2 Å². The third kappa shape index (κ3) is 2.61. The van der Waals surface area contributed by atoms with Gasteiger partial charge in [0.1, 0.15) is 17.4 Å². The predicted octanol–water partition coefficient (Wildman–Crippen LogP) is 4.41. The van der Waals surface area contributed by atoms with Gasteiger partial charge < -0.3 is 10.5 Å². The van der Waals surface area contributed by atoms with E-state index in [2.05, 4.69) is 15.9 Å². The zero-order valence-corrected chi connectivity index (χ0v) is 11.1. The first-order valence-electron chi connectivity index (χ1n) is 5.16. The molecule has 0 unspecified atom stereocenters. The van der Waals surface area contributed by atoms with Crippen molar-refractivity contribution in [2.24, 2.45) is 0 Å². The molecule has 2 N–H and O–H groups in total. The summed E-state index contributed by atoms with van der Waals surface area (Å²) in [5.74, 6) is -0.0224. The molecule has 0 heterocycles. The van der Waals surface area contributed by atoms with Gasteiger partial charge in [0.25, 0.3) is 0 Å². The van der Waals surface area contributed by atoms with E-state index in [0.717, 1.165) is 0 Å². The van der Waals surface area contributed by atoms with Gasteiger partial charge in [-0.15, -0.1) is 0 Å². The minimum atomic E-state index is -0.391. The van der Waals surface area contributed by atoms with Crippen molar-refractivity contribution < 1.29 is 13.5 Å². The fourth-order valence-corrected chi connectivity index (χ4v) is 1.87. The maximum absolute atomic E-state index is 13.2. The van der Waals surface area contributed by atoms with E-state index in [-0.39, 0.29) is 11.5 Å². The van der Waals surface area contributed by atoms with Crippen LogP contribution in [0.25, 0.3) is 0 Å². The summed E-state index contributed by atoms with van der Waals surface area (Å²) in [6.07, 6.45) is 0. The molecular formula is C13H10BrF2NO. The number of hydrogen-bond donors (Lipinski definition) is 1. The topological polar surface area (TPSA) is 35.2 Å².